The Bertz CT molecular complexity index is 291. The van der Waals surface area contributed by atoms with Crippen LogP contribution in [0.15, 0.2) is 30.5 Å². The first kappa shape index (κ1) is 6.28. The lowest BCUT2D eigenvalue weighted by molar-refractivity contribution is 0.550. The van der Waals surface area contributed by atoms with Gasteiger partial charge < -0.3 is 0 Å². The van der Waals surface area contributed by atoms with Crippen molar-refractivity contribution in [3.8, 4) is 0 Å². The average molecular weight is 146 g/mol. The van der Waals surface area contributed by atoms with Gasteiger partial charge in [-0.05, 0) is 12.1 Å². The maximum absolute atomic E-state index is 3.21. The first-order chi connectivity index (χ1) is 5.36. The zero-order chi connectivity index (χ0) is 7.68. The summed E-state index contributed by atoms with van der Waals surface area (Å²) in [6.45, 7) is 0. The van der Waals surface area contributed by atoms with Gasteiger partial charge in [0.15, 0.2) is 0 Å². The fourth-order valence-corrected chi connectivity index (χ4v) is 1.16. The minimum atomic E-state index is 1.16. The second-order valence-electron chi connectivity index (χ2n) is 2.63. The highest BCUT2D eigenvalue weighted by atomic mass is 15.5. The minimum absolute atomic E-state index is 1.16. The number of hydrazine groups is 1. The van der Waals surface area contributed by atoms with Gasteiger partial charge >= 0.3 is 0 Å². The molecule has 1 aliphatic heterocycles. The number of anilines is 1. The Balaban J connectivity index is 2.46. The van der Waals surface area contributed by atoms with E-state index in [9.17, 15) is 0 Å². The van der Waals surface area contributed by atoms with E-state index in [-0.39, 0.29) is 0 Å². The molecule has 0 amide bonds. The Morgan fingerprint density at radius 3 is 3.00 bits per heavy atom. The predicted molar refractivity (Wildman–Crippen MR) is 46.9 cm³/mol. The van der Waals surface area contributed by atoms with Crippen molar-refractivity contribution in [3.05, 3.63) is 36.0 Å². The van der Waals surface area contributed by atoms with E-state index in [0.717, 1.165) is 5.69 Å². The van der Waals surface area contributed by atoms with Crippen LogP contribution in [0.3, 0.4) is 0 Å². The second-order valence-corrected chi connectivity index (χ2v) is 2.63. The highest BCUT2D eigenvalue weighted by Crippen LogP contribution is 2.20. The number of nitrogens with zero attached hydrogens (tertiary/aromatic N) is 1. The fraction of sp³-hybridized carbons (Fsp3) is 0.111. The van der Waals surface area contributed by atoms with E-state index in [1.807, 2.05) is 30.4 Å². The summed E-state index contributed by atoms with van der Waals surface area (Å²) < 4.78 is 0. The molecule has 0 saturated carbocycles. The van der Waals surface area contributed by atoms with Gasteiger partial charge in [0.25, 0.3) is 0 Å². The molecule has 1 heterocycles. The first-order valence-corrected chi connectivity index (χ1v) is 3.63. The average Bonchev–Trinajstić information content (AvgIpc) is 2.04. The van der Waals surface area contributed by atoms with Crippen LogP contribution in [0.1, 0.15) is 5.56 Å². The molecule has 0 aliphatic carbocycles. The highest BCUT2D eigenvalue weighted by Gasteiger charge is 2.03. The second kappa shape index (κ2) is 2.31. The summed E-state index contributed by atoms with van der Waals surface area (Å²) in [5.74, 6) is 0. The van der Waals surface area contributed by atoms with Crippen molar-refractivity contribution in [2.45, 2.75) is 0 Å². The highest BCUT2D eigenvalue weighted by molar-refractivity contribution is 5.68. The number of para-hydroxylation sites is 1. The van der Waals surface area contributed by atoms with E-state index >= 15 is 0 Å². The summed E-state index contributed by atoms with van der Waals surface area (Å²) in [5.41, 5.74) is 5.61. The molecule has 0 aromatic heterocycles. The smallest absolute Gasteiger partial charge is 0.0614 e. The van der Waals surface area contributed by atoms with Gasteiger partial charge in [-0.2, -0.15) is 0 Å². The molecule has 0 saturated heterocycles. The third kappa shape index (κ3) is 1.07. The number of benzene rings is 1. The third-order valence-corrected chi connectivity index (χ3v) is 1.74. The van der Waals surface area contributed by atoms with Crippen molar-refractivity contribution in [1.82, 2.24) is 5.01 Å². The molecule has 2 heteroatoms. The van der Waals surface area contributed by atoms with Crippen LogP contribution < -0.4 is 5.43 Å². The lowest BCUT2D eigenvalue weighted by Crippen LogP contribution is -2.21. The van der Waals surface area contributed by atoms with Crippen molar-refractivity contribution in [2.75, 3.05) is 12.5 Å². The Kier molecular flexibility index (Phi) is 1.32. The van der Waals surface area contributed by atoms with Crippen LogP contribution in [-0.4, -0.2) is 12.1 Å². The number of nitrogens with one attached hydrogen (secondary N) is 1. The zero-order valence-electron chi connectivity index (χ0n) is 6.41. The molecule has 56 valence electrons. The van der Waals surface area contributed by atoms with Crippen LogP contribution in [0, 0.1) is 0 Å². The van der Waals surface area contributed by atoms with Gasteiger partial charge in [-0.1, -0.05) is 18.2 Å². The van der Waals surface area contributed by atoms with E-state index in [1.165, 1.54) is 5.56 Å². The van der Waals surface area contributed by atoms with Crippen LogP contribution in [0.5, 0.6) is 0 Å². The summed E-state index contributed by atoms with van der Waals surface area (Å²) >= 11 is 0. The molecule has 1 aromatic rings. The Morgan fingerprint density at radius 2 is 2.09 bits per heavy atom. The molecule has 0 bridgehead atoms. The van der Waals surface area contributed by atoms with E-state index in [2.05, 4.69) is 23.6 Å². The van der Waals surface area contributed by atoms with Gasteiger partial charge in [0.2, 0.25) is 0 Å². The van der Waals surface area contributed by atoms with Crippen molar-refractivity contribution >= 4 is 11.8 Å². The molecule has 0 radical (unpaired) electrons. The van der Waals surface area contributed by atoms with E-state index in [1.54, 1.807) is 0 Å². The standard InChI is InChI=1S/C9H10N2/c1-11-7-6-8-4-2-3-5-9(8)10-11/h2-7,10H,1H3. The van der Waals surface area contributed by atoms with Gasteiger partial charge in [0, 0.05) is 18.8 Å². The minimum Gasteiger partial charge on any atom is -0.299 e. The maximum atomic E-state index is 3.21. The molecule has 0 atom stereocenters. The van der Waals surface area contributed by atoms with Crippen molar-refractivity contribution in [1.29, 1.82) is 0 Å². The van der Waals surface area contributed by atoms with E-state index in [0.29, 0.717) is 0 Å². The molecule has 2 nitrogen and oxygen atoms in total. The normalized spacial score (nSPS) is 14.1. The summed E-state index contributed by atoms with van der Waals surface area (Å²) in [5, 5.41) is 1.93. The van der Waals surface area contributed by atoms with Crippen LogP contribution in [0.4, 0.5) is 5.69 Å². The van der Waals surface area contributed by atoms with Crippen molar-refractivity contribution in [3.63, 3.8) is 0 Å². The maximum Gasteiger partial charge on any atom is 0.0614 e. The summed E-state index contributed by atoms with van der Waals surface area (Å²) in [7, 11) is 1.98. The monoisotopic (exact) mass is 146 g/mol. The predicted octanol–water partition coefficient (Wildman–Crippen LogP) is 1.93. The number of hydrogen-bond donors (Lipinski definition) is 1. The fourth-order valence-electron chi connectivity index (χ4n) is 1.16. The van der Waals surface area contributed by atoms with Crippen molar-refractivity contribution in [2.24, 2.45) is 0 Å². The molecule has 1 aliphatic rings. The van der Waals surface area contributed by atoms with Crippen LogP contribution >= 0.6 is 0 Å². The molecular weight excluding hydrogens is 136 g/mol. The van der Waals surface area contributed by atoms with Crippen LogP contribution in [0.2, 0.25) is 0 Å². The molecule has 0 spiro atoms. The number of fused-ring (bicyclic) bond motifs is 1. The number of hydrogen-bond acceptors (Lipinski definition) is 2. The van der Waals surface area contributed by atoms with Gasteiger partial charge in [-0.3, -0.25) is 10.4 Å². The van der Waals surface area contributed by atoms with E-state index < -0.39 is 0 Å². The summed E-state index contributed by atoms with van der Waals surface area (Å²) in [4.78, 5) is 0. The first-order valence-electron chi connectivity index (χ1n) is 3.63. The molecular formula is C9H10N2. The largest absolute Gasteiger partial charge is 0.299 e. The Labute approximate surface area is 66.1 Å². The van der Waals surface area contributed by atoms with Gasteiger partial charge in [-0.15, -0.1) is 0 Å². The van der Waals surface area contributed by atoms with Crippen molar-refractivity contribution < 1.29 is 0 Å². The van der Waals surface area contributed by atoms with Gasteiger partial charge in [0.05, 0.1) is 5.69 Å². The third-order valence-electron chi connectivity index (χ3n) is 1.74. The molecule has 11 heavy (non-hydrogen) atoms. The lowest BCUT2D eigenvalue weighted by atomic mass is 10.1. The van der Waals surface area contributed by atoms with Gasteiger partial charge in [-0.25, -0.2) is 0 Å². The van der Waals surface area contributed by atoms with E-state index in [4.69, 9.17) is 0 Å². The number of rotatable bonds is 0. The lowest BCUT2D eigenvalue weighted by Gasteiger charge is -2.22. The quantitative estimate of drug-likeness (QED) is 0.601. The Hall–Kier alpha value is -1.44. The SMILES string of the molecule is CN1C=Cc2ccccc2N1. The van der Waals surface area contributed by atoms with Crippen LogP contribution in [-0.2, 0) is 0 Å². The molecule has 0 unspecified atom stereocenters. The molecule has 1 aromatic carbocycles. The zero-order valence-corrected chi connectivity index (χ0v) is 6.41. The van der Waals surface area contributed by atoms with Crippen LogP contribution in [0.25, 0.3) is 6.08 Å². The summed E-state index contributed by atoms with van der Waals surface area (Å²) in [6, 6.07) is 8.22. The molecule has 2 rings (SSSR count). The molecule has 0 fully saturated rings. The topological polar surface area (TPSA) is 15.3 Å². The summed E-state index contributed by atoms with van der Waals surface area (Å²) in [6.07, 6.45) is 4.09. The molecule has 1 N–H and O–H groups in total. The van der Waals surface area contributed by atoms with Gasteiger partial charge in [0.1, 0.15) is 0 Å². The Morgan fingerprint density at radius 1 is 1.27 bits per heavy atom.